The minimum absolute atomic E-state index is 0.0451. The van der Waals surface area contributed by atoms with E-state index in [-0.39, 0.29) is 11.3 Å². The molecule has 5 rings (SSSR count). The van der Waals surface area contributed by atoms with E-state index in [0.717, 1.165) is 55.4 Å². The number of likely N-dealkylation sites (tertiary alicyclic amines) is 1. The van der Waals surface area contributed by atoms with Crippen molar-refractivity contribution in [3.05, 3.63) is 47.4 Å². The van der Waals surface area contributed by atoms with Gasteiger partial charge in [0.25, 0.3) is 5.91 Å². The van der Waals surface area contributed by atoms with Gasteiger partial charge in [0.2, 0.25) is 0 Å². The molecular weight excluding hydrogens is 328 g/mol. The van der Waals surface area contributed by atoms with Crippen LogP contribution in [0.15, 0.2) is 30.5 Å². The maximum atomic E-state index is 13.2. The van der Waals surface area contributed by atoms with E-state index in [1.165, 1.54) is 11.3 Å². The molecule has 1 amide bonds. The van der Waals surface area contributed by atoms with Gasteiger partial charge in [0.15, 0.2) is 0 Å². The number of ether oxygens (including phenoxy) is 1. The molecule has 26 heavy (non-hydrogen) atoms. The van der Waals surface area contributed by atoms with E-state index in [4.69, 9.17) is 4.74 Å². The Morgan fingerprint density at radius 1 is 1.35 bits per heavy atom. The quantitative estimate of drug-likeness (QED) is 0.746. The largest absolute Gasteiger partial charge is 0.496 e. The number of hydrogen-bond acceptors (Lipinski definition) is 3. The summed E-state index contributed by atoms with van der Waals surface area (Å²) in [5, 5.41) is 8.37. The highest BCUT2D eigenvalue weighted by Crippen LogP contribution is 2.44. The summed E-state index contributed by atoms with van der Waals surface area (Å²) in [5.74, 6) is 0.848. The Morgan fingerprint density at radius 2 is 2.27 bits per heavy atom. The molecule has 1 unspecified atom stereocenters. The molecule has 1 aliphatic heterocycles. The normalized spacial score (nSPS) is 22.1. The number of nitrogens with one attached hydrogen (secondary N) is 2. The van der Waals surface area contributed by atoms with E-state index in [0.29, 0.717) is 5.69 Å². The van der Waals surface area contributed by atoms with Gasteiger partial charge >= 0.3 is 0 Å². The van der Waals surface area contributed by atoms with Crippen LogP contribution in [-0.4, -0.2) is 46.2 Å². The second-order valence-electron chi connectivity index (χ2n) is 7.49. The highest BCUT2D eigenvalue weighted by atomic mass is 16.5. The third-order valence-corrected chi connectivity index (χ3v) is 6.06. The van der Waals surface area contributed by atoms with Crippen LogP contribution >= 0.6 is 0 Å². The Balaban J connectivity index is 1.46. The molecule has 0 bridgehead atoms. The lowest BCUT2D eigenvalue weighted by atomic mass is 9.77. The molecule has 0 saturated carbocycles. The highest BCUT2D eigenvalue weighted by Gasteiger charge is 2.44. The number of aryl methyl sites for hydroxylation is 1. The van der Waals surface area contributed by atoms with Gasteiger partial charge in [-0.15, -0.1) is 0 Å². The highest BCUT2D eigenvalue weighted by molar-refractivity contribution is 5.99. The molecule has 6 nitrogen and oxygen atoms in total. The summed E-state index contributed by atoms with van der Waals surface area (Å²) >= 11 is 0. The lowest BCUT2D eigenvalue weighted by Crippen LogP contribution is -2.47. The lowest BCUT2D eigenvalue weighted by molar-refractivity contribution is 0.0628. The minimum atomic E-state index is 0.0451. The zero-order valence-electron chi connectivity index (χ0n) is 14.8. The molecule has 0 radical (unpaired) electrons. The number of nitrogens with zero attached hydrogens (tertiary/aromatic N) is 2. The Morgan fingerprint density at radius 3 is 3.15 bits per heavy atom. The fourth-order valence-corrected chi connectivity index (χ4v) is 4.76. The summed E-state index contributed by atoms with van der Waals surface area (Å²) in [7, 11) is 1.65. The number of methoxy groups -OCH3 is 1. The van der Waals surface area contributed by atoms with Crippen molar-refractivity contribution < 1.29 is 9.53 Å². The number of carbonyl (C=O) groups excluding carboxylic acids is 1. The van der Waals surface area contributed by atoms with Crippen LogP contribution in [0.2, 0.25) is 0 Å². The van der Waals surface area contributed by atoms with Gasteiger partial charge in [-0.3, -0.25) is 9.89 Å². The molecule has 6 heteroatoms. The number of carbonyl (C=O) groups is 1. The van der Waals surface area contributed by atoms with Gasteiger partial charge in [0.05, 0.1) is 13.3 Å². The van der Waals surface area contributed by atoms with Gasteiger partial charge in [-0.25, -0.2) is 0 Å². The van der Waals surface area contributed by atoms with Crippen LogP contribution in [0.25, 0.3) is 10.9 Å². The molecule has 1 spiro atoms. The van der Waals surface area contributed by atoms with Crippen LogP contribution in [0.1, 0.15) is 41.0 Å². The maximum Gasteiger partial charge on any atom is 0.270 e. The van der Waals surface area contributed by atoms with Gasteiger partial charge in [-0.2, -0.15) is 5.10 Å². The summed E-state index contributed by atoms with van der Waals surface area (Å²) < 4.78 is 5.42. The first kappa shape index (κ1) is 15.5. The molecule has 1 aliphatic carbocycles. The van der Waals surface area contributed by atoms with Crippen molar-refractivity contribution in [2.45, 2.75) is 31.1 Å². The van der Waals surface area contributed by atoms with Crippen molar-refractivity contribution in [1.29, 1.82) is 0 Å². The second-order valence-corrected chi connectivity index (χ2v) is 7.49. The molecule has 1 atom stereocenters. The van der Waals surface area contributed by atoms with Crippen molar-refractivity contribution >= 4 is 16.8 Å². The molecule has 1 aromatic carbocycles. The number of aromatic nitrogens is 3. The van der Waals surface area contributed by atoms with Crippen molar-refractivity contribution in [2.75, 3.05) is 20.2 Å². The number of piperidine rings is 1. The number of aromatic amines is 2. The molecule has 3 heterocycles. The Kier molecular flexibility index (Phi) is 3.35. The van der Waals surface area contributed by atoms with Crippen molar-refractivity contribution in [3.63, 3.8) is 0 Å². The van der Waals surface area contributed by atoms with Crippen molar-refractivity contribution in [2.24, 2.45) is 0 Å². The van der Waals surface area contributed by atoms with Gasteiger partial charge in [0, 0.05) is 35.1 Å². The lowest BCUT2D eigenvalue weighted by Gasteiger charge is -2.40. The third-order valence-electron chi connectivity index (χ3n) is 6.06. The molecular formula is C20H22N4O2. The summed E-state index contributed by atoms with van der Waals surface area (Å²) in [6, 6.07) is 7.73. The van der Waals surface area contributed by atoms with Crippen molar-refractivity contribution in [3.8, 4) is 5.75 Å². The number of amides is 1. The monoisotopic (exact) mass is 350 g/mol. The van der Waals surface area contributed by atoms with Gasteiger partial charge in [0.1, 0.15) is 11.4 Å². The zero-order chi connectivity index (χ0) is 17.7. The predicted molar refractivity (Wildman–Crippen MR) is 98.6 cm³/mol. The minimum Gasteiger partial charge on any atom is -0.496 e. The number of H-pyrrole nitrogens is 2. The fraction of sp³-hybridized carbons (Fsp3) is 0.400. The average Bonchev–Trinajstić information content (AvgIpc) is 3.38. The first-order valence-electron chi connectivity index (χ1n) is 9.18. The Labute approximate surface area is 151 Å². The third kappa shape index (κ3) is 2.18. The molecule has 1 saturated heterocycles. The number of benzene rings is 1. The summed E-state index contributed by atoms with van der Waals surface area (Å²) in [6.45, 7) is 1.56. The SMILES string of the molecule is COc1cccc2[nH]c(C(=O)N3CCCC4(CCc5cn[nH]c54)C3)cc12. The van der Waals surface area contributed by atoms with Crippen LogP contribution in [0, 0.1) is 0 Å². The second kappa shape index (κ2) is 5.62. The summed E-state index contributed by atoms with van der Waals surface area (Å²) in [5.41, 5.74) is 4.16. The summed E-state index contributed by atoms with van der Waals surface area (Å²) in [4.78, 5) is 18.5. The predicted octanol–water partition coefficient (Wildman–Crippen LogP) is 3.02. The molecule has 2 aromatic heterocycles. The Bertz CT molecular complexity index is 989. The molecule has 3 aromatic rings. The van der Waals surface area contributed by atoms with Gasteiger partial charge in [-0.05, 0) is 49.4 Å². The number of fused-ring (bicyclic) bond motifs is 3. The number of rotatable bonds is 2. The Hall–Kier alpha value is -2.76. The van der Waals surface area contributed by atoms with E-state index in [1.54, 1.807) is 7.11 Å². The van der Waals surface area contributed by atoms with Crippen molar-refractivity contribution in [1.82, 2.24) is 20.1 Å². The maximum absolute atomic E-state index is 13.2. The van der Waals surface area contributed by atoms with E-state index >= 15 is 0 Å². The van der Waals surface area contributed by atoms with Gasteiger partial charge in [-0.1, -0.05) is 6.07 Å². The van der Waals surface area contributed by atoms with E-state index in [1.807, 2.05) is 35.4 Å². The first-order chi connectivity index (χ1) is 12.7. The first-order valence-corrected chi connectivity index (χ1v) is 9.18. The van der Waals surface area contributed by atoms with Crippen LogP contribution in [0.4, 0.5) is 0 Å². The van der Waals surface area contributed by atoms with E-state index in [9.17, 15) is 4.79 Å². The zero-order valence-corrected chi connectivity index (χ0v) is 14.8. The van der Waals surface area contributed by atoms with Gasteiger partial charge < -0.3 is 14.6 Å². The molecule has 134 valence electrons. The van der Waals surface area contributed by atoms with Crippen LogP contribution in [0.5, 0.6) is 5.75 Å². The molecule has 2 N–H and O–H groups in total. The van der Waals surface area contributed by atoms with Crippen LogP contribution in [0.3, 0.4) is 0 Å². The summed E-state index contributed by atoms with van der Waals surface area (Å²) in [6.07, 6.45) is 6.23. The van der Waals surface area contributed by atoms with E-state index in [2.05, 4.69) is 15.2 Å². The molecule has 1 fully saturated rings. The average molecular weight is 350 g/mol. The van der Waals surface area contributed by atoms with E-state index < -0.39 is 0 Å². The van der Waals surface area contributed by atoms with Crippen LogP contribution < -0.4 is 4.74 Å². The topological polar surface area (TPSA) is 74.0 Å². The fourth-order valence-electron chi connectivity index (χ4n) is 4.76. The smallest absolute Gasteiger partial charge is 0.270 e. The van der Waals surface area contributed by atoms with Crippen LogP contribution in [-0.2, 0) is 11.8 Å². The standard InChI is InChI=1S/C20H22N4O2/c1-26-17-5-2-4-15-14(17)10-16(22-15)19(25)24-9-3-7-20(12-24)8-6-13-11-21-23-18(13)20/h2,4-5,10-11,22H,3,6-9,12H2,1H3,(H,21,23). The number of hydrogen-bond donors (Lipinski definition) is 2. The molecule has 2 aliphatic rings.